The minimum atomic E-state index is -4.66. The summed E-state index contributed by atoms with van der Waals surface area (Å²) >= 11 is 0. The number of benzene rings is 3. The number of carboxylic acid groups (broad SMARTS) is 1. The first-order valence-corrected chi connectivity index (χ1v) is 9.39. The van der Waals surface area contributed by atoms with E-state index in [1.54, 1.807) is 0 Å². The molecule has 0 bridgehead atoms. The Morgan fingerprint density at radius 2 is 1.77 bits per heavy atom. The van der Waals surface area contributed by atoms with Gasteiger partial charge in [0.1, 0.15) is 17.1 Å². The van der Waals surface area contributed by atoms with E-state index in [1.807, 2.05) is 0 Å². The van der Waals surface area contributed by atoms with Crippen molar-refractivity contribution in [3.05, 3.63) is 58.1 Å². The third-order valence-electron chi connectivity index (χ3n) is 4.07. The molecule has 3 aromatic carbocycles. The topological polar surface area (TPSA) is 206 Å². The van der Waals surface area contributed by atoms with Gasteiger partial charge in [0.05, 0.1) is 21.1 Å². The van der Waals surface area contributed by atoms with E-state index in [-0.39, 0.29) is 27.8 Å². The van der Waals surface area contributed by atoms with Crippen LogP contribution >= 0.6 is 0 Å². The molecule has 0 heterocycles. The lowest BCUT2D eigenvalue weighted by Crippen LogP contribution is -1.99. The highest BCUT2D eigenvalue weighted by atomic mass is 32.2. The van der Waals surface area contributed by atoms with Crippen molar-refractivity contribution in [2.24, 2.45) is 10.2 Å². The molecule has 0 spiro atoms. The molecule has 0 saturated heterocycles. The van der Waals surface area contributed by atoms with Crippen LogP contribution in [0.1, 0.15) is 10.4 Å². The first-order valence-electron chi connectivity index (χ1n) is 7.95. The number of fused-ring (bicyclic) bond motifs is 1. The first kappa shape index (κ1) is 20.6. The molecule has 0 amide bonds. The molecular weight excluding hydrogens is 420 g/mol. The maximum Gasteiger partial charge on any atom is 0.338 e. The second-order valence-electron chi connectivity index (χ2n) is 5.98. The highest BCUT2D eigenvalue weighted by Crippen LogP contribution is 2.39. The van der Waals surface area contributed by atoms with Gasteiger partial charge in [-0.2, -0.15) is 8.42 Å². The molecule has 3 aromatic rings. The van der Waals surface area contributed by atoms with Gasteiger partial charge in [0, 0.05) is 29.0 Å². The quantitative estimate of drug-likeness (QED) is 0.153. The minimum Gasteiger partial charge on any atom is -0.507 e. The fourth-order valence-electron chi connectivity index (χ4n) is 2.65. The van der Waals surface area contributed by atoms with Crippen LogP contribution in [0, 0.1) is 10.1 Å². The van der Waals surface area contributed by atoms with Crippen molar-refractivity contribution in [2.45, 2.75) is 4.90 Å². The van der Waals surface area contributed by atoms with Crippen molar-refractivity contribution in [1.82, 2.24) is 0 Å². The minimum absolute atomic E-state index is 0.0110. The Balaban J connectivity index is 2.22. The van der Waals surface area contributed by atoms with Gasteiger partial charge in [0.15, 0.2) is 0 Å². The van der Waals surface area contributed by atoms with E-state index in [9.17, 15) is 38.1 Å². The van der Waals surface area contributed by atoms with E-state index in [0.29, 0.717) is 0 Å². The molecule has 0 aliphatic heterocycles. The molecule has 0 radical (unpaired) electrons. The van der Waals surface area contributed by atoms with Crippen molar-refractivity contribution in [2.75, 3.05) is 5.73 Å². The summed E-state index contributed by atoms with van der Waals surface area (Å²) in [4.78, 5) is 20.9. The molecule has 5 N–H and O–H groups in total. The third-order valence-corrected chi connectivity index (χ3v) is 4.90. The van der Waals surface area contributed by atoms with Crippen molar-refractivity contribution >= 4 is 49.6 Å². The maximum atomic E-state index is 11.4. The summed E-state index contributed by atoms with van der Waals surface area (Å²) in [6.45, 7) is 0. The lowest BCUT2D eigenvalue weighted by atomic mass is 10.1. The maximum absolute atomic E-state index is 11.4. The average Bonchev–Trinajstić information content (AvgIpc) is 2.66. The summed E-state index contributed by atoms with van der Waals surface area (Å²) in [5.41, 5.74) is 4.60. The summed E-state index contributed by atoms with van der Waals surface area (Å²) < 4.78 is 32.2. The molecule has 3 rings (SSSR count). The predicted molar refractivity (Wildman–Crippen MR) is 104 cm³/mol. The van der Waals surface area contributed by atoms with E-state index in [0.717, 1.165) is 30.3 Å². The molecule has 0 atom stereocenters. The lowest BCUT2D eigenvalue weighted by Gasteiger charge is -2.09. The van der Waals surface area contributed by atoms with Gasteiger partial charge >= 0.3 is 5.97 Å². The van der Waals surface area contributed by atoms with E-state index >= 15 is 0 Å². The summed E-state index contributed by atoms with van der Waals surface area (Å²) in [6.07, 6.45) is 0. The van der Waals surface area contributed by atoms with Crippen molar-refractivity contribution in [3.63, 3.8) is 0 Å². The number of nitro benzene ring substituents is 1. The fourth-order valence-corrected chi connectivity index (χ4v) is 3.18. The van der Waals surface area contributed by atoms with E-state index in [2.05, 4.69) is 10.2 Å². The number of nitrogens with zero attached hydrogens (tertiary/aromatic N) is 3. The lowest BCUT2D eigenvalue weighted by molar-refractivity contribution is -0.384. The number of carbonyl (C=O) groups is 1. The molecule has 0 aromatic heterocycles. The highest BCUT2D eigenvalue weighted by molar-refractivity contribution is 7.85. The molecular formula is C17H12N4O8S. The van der Waals surface area contributed by atoms with Crippen LogP contribution < -0.4 is 5.73 Å². The Morgan fingerprint density at radius 1 is 1.07 bits per heavy atom. The normalized spacial score (nSPS) is 11.8. The smallest absolute Gasteiger partial charge is 0.338 e. The van der Waals surface area contributed by atoms with E-state index in [4.69, 9.17) is 5.73 Å². The zero-order valence-electron chi connectivity index (χ0n) is 14.8. The summed E-state index contributed by atoms with van der Waals surface area (Å²) in [6, 6.07) is 7.53. The Bertz CT molecular complexity index is 1350. The Kier molecular flexibility index (Phi) is 5.07. The van der Waals surface area contributed by atoms with Gasteiger partial charge in [-0.3, -0.25) is 14.7 Å². The number of aromatic hydroxyl groups is 1. The number of carboxylic acids is 1. The van der Waals surface area contributed by atoms with Crippen LogP contribution in [-0.2, 0) is 10.1 Å². The first-order chi connectivity index (χ1) is 14.0. The Labute approximate surface area is 167 Å². The van der Waals surface area contributed by atoms with Crippen LogP contribution in [-0.4, -0.2) is 34.1 Å². The number of anilines is 1. The van der Waals surface area contributed by atoms with Crippen molar-refractivity contribution in [3.8, 4) is 5.75 Å². The Hall–Kier alpha value is -4.10. The number of nitrogen functional groups attached to an aromatic ring is 1. The average molecular weight is 432 g/mol. The molecule has 13 heteroatoms. The molecule has 0 saturated carbocycles. The highest BCUT2D eigenvalue weighted by Gasteiger charge is 2.18. The summed E-state index contributed by atoms with van der Waals surface area (Å²) in [5.74, 6) is -1.96. The van der Waals surface area contributed by atoms with Crippen LogP contribution in [0.25, 0.3) is 10.8 Å². The molecule has 30 heavy (non-hydrogen) atoms. The van der Waals surface area contributed by atoms with E-state index < -0.39 is 42.9 Å². The number of non-ortho nitro benzene ring substituents is 1. The predicted octanol–water partition coefficient (Wildman–Crippen LogP) is 3.40. The van der Waals surface area contributed by atoms with Gasteiger partial charge in [0.2, 0.25) is 0 Å². The molecule has 12 nitrogen and oxygen atoms in total. The van der Waals surface area contributed by atoms with Crippen molar-refractivity contribution in [1.29, 1.82) is 0 Å². The number of phenols is 1. The van der Waals surface area contributed by atoms with Gasteiger partial charge in [-0.05, 0) is 24.3 Å². The standard InChI is InChI=1S/C17H12N4O8S/c18-13-3-2-10-11(6-9(7-15(10)22)30(27,28)29)16(13)20-19-14-4-1-8(21(25)26)5-12(14)17(23)24/h1-7,22H,18H2,(H,23,24)(H,27,28,29). The zero-order chi connectivity index (χ0) is 22.2. The second kappa shape index (κ2) is 7.38. The van der Waals surface area contributed by atoms with Gasteiger partial charge in [0.25, 0.3) is 15.8 Å². The van der Waals surface area contributed by atoms with Crippen molar-refractivity contribution < 1.29 is 32.9 Å². The number of phenolic OH excluding ortho intramolecular Hbond substituents is 1. The summed E-state index contributed by atoms with van der Waals surface area (Å²) in [5, 5.41) is 38.0. The van der Waals surface area contributed by atoms with Gasteiger partial charge in [-0.15, -0.1) is 10.2 Å². The number of nitro groups is 1. The number of rotatable bonds is 5. The molecule has 0 aliphatic rings. The number of hydrogen-bond donors (Lipinski definition) is 4. The zero-order valence-corrected chi connectivity index (χ0v) is 15.6. The SMILES string of the molecule is Nc1ccc2c(O)cc(S(=O)(=O)O)cc2c1N=Nc1ccc([N+](=O)[O-])cc1C(=O)O. The fraction of sp³-hybridized carbons (Fsp3) is 0. The molecule has 0 aliphatic carbocycles. The van der Waals surface area contributed by atoms with Gasteiger partial charge in [-0.1, -0.05) is 0 Å². The van der Waals surface area contributed by atoms with Gasteiger partial charge < -0.3 is 15.9 Å². The van der Waals surface area contributed by atoms with Crippen LogP contribution in [0.4, 0.5) is 22.7 Å². The monoisotopic (exact) mass is 432 g/mol. The molecule has 154 valence electrons. The van der Waals surface area contributed by atoms with Crippen LogP contribution in [0.2, 0.25) is 0 Å². The largest absolute Gasteiger partial charge is 0.507 e. The number of azo groups is 1. The van der Waals surface area contributed by atoms with E-state index in [1.165, 1.54) is 12.1 Å². The van der Waals surface area contributed by atoms with Crippen LogP contribution in [0.5, 0.6) is 5.75 Å². The number of hydrogen-bond acceptors (Lipinski definition) is 9. The molecule has 0 unspecified atom stereocenters. The van der Waals surface area contributed by atoms with Crippen LogP contribution in [0.15, 0.2) is 57.6 Å². The second-order valence-corrected chi connectivity index (χ2v) is 7.40. The Morgan fingerprint density at radius 3 is 2.37 bits per heavy atom. The number of aromatic carboxylic acids is 1. The summed E-state index contributed by atoms with van der Waals surface area (Å²) in [7, 11) is -4.66. The third kappa shape index (κ3) is 3.87. The van der Waals surface area contributed by atoms with Gasteiger partial charge in [-0.25, -0.2) is 4.79 Å². The molecule has 0 fully saturated rings. The number of nitrogens with two attached hydrogens (primary N) is 1. The van der Waals surface area contributed by atoms with Crippen LogP contribution in [0.3, 0.4) is 0 Å².